The average molecular weight is 478 g/mol. The van der Waals surface area contributed by atoms with Gasteiger partial charge in [0, 0.05) is 18.0 Å². The second-order valence-corrected chi connectivity index (χ2v) is 11.1. The number of nitrogens with one attached hydrogen (secondary N) is 3. The minimum Gasteiger partial charge on any atom is -0.444 e. The largest absolute Gasteiger partial charge is 0.444 e. The molecule has 0 aromatic heterocycles. The van der Waals surface area contributed by atoms with Gasteiger partial charge in [-0.05, 0) is 64.7 Å². The SMILES string of the molecule is CC(C)(C)OC(=O)N[C@]12C[C@H]1/C=C/CCCCCNC(=O)c1cccc(c1)S(=O)(=O)NC2=O. The van der Waals surface area contributed by atoms with Crippen molar-refractivity contribution in [3.63, 3.8) is 0 Å². The number of benzene rings is 1. The van der Waals surface area contributed by atoms with Gasteiger partial charge in [0.25, 0.3) is 21.8 Å². The number of hydrogen-bond acceptors (Lipinski definition) is 6. The highest BCUT2D eigenvalue weighted by molar-refractivity contribution is 7.90. The highest BCUT2D eigenvalue weighted by Gasteiger charge is 2.61. The first-order chi connectivity index (χ1) is 15.4. The molecule has 1 fully saturated rings. The van der Waals surface area contributed by atoms with Crippen molar-refractivity contribution in [2.75, 3.05) is 6.54 Å². The highest BCUT2D eigenvalue weighted by atomic mass is 32.2. The molecule has 1 saturated carbocycles. The van der Waals surface area contributed by atoms with Crippen LogP contribution >= 0.6 is 0 Å². The van der Waals surface area contributed by atoms with Gasteiger partial charge in [-0.15, -0.1) is 0 Å². The summed E-state index contributed by atoms with van der Waals surface area (Å²) in [6, 6.07) is 5.48. The Hall–Kier alpha value is -2.88. The first kappa shape index (κ1) is 24.8. The van der Waals surface area contributed by atoms with E-state index in [9.17, 15) is 22.8 Å². The van der Waals surface area contributed by atoms with Crippen LogP contribution in [0.5, 0.6) is 0 Å². The topological polar surface area (TPSA) is 131 Å². The minimum atomic E-state index is -4.28. The van der Waals surface area contributed by atoms with Crippen LogP contribution in [0, 0.1) is 5.92 Å². The first-order valence-electron chi connectivity index (χ1n) is 11.1. The Morgan fingerprint density at radius 2 is 1.94 bits per heavy atom. The molecule has 1 heterocycles. The molecule has 2 atom stereocenters. The number of amides is 3. The molecule has 0 radical (unpaired) electrons. The van der Waals surface area contributed by atoms with Gasteiger partial charge in [0.05, 0.1) is 4.90 Å². The molecule has 1 aromatic carbocycles. The molecule has 1 aromatic rings. The van der Waals surface area contributed by atoms with Crippen LogP contribution in [0.15, 0.2) is 41.3 Å². The average Bonchev–Trinajstić information content (AvgIpc) is 3.41. The summed E-state index contributed by atoms with van der Waals surface area (Å²) in [5.41, 5.74) is -2.02. The van der Waals surface area contributed by atoms with Gasteiger partial charge in [-0.2, -0.15) is 0 Å². The summed E-state index contributed by atoms with van der Waals surface area (Å²) < 4.78 is 33.2. The molecule has 3 amide bonds. The summed E-state index contributed by atoms with van der Waals surface area (Å²) in [6.45, 7) is 5.58. The fourth-order valence-electron chi connectivity index (χ4n) is 3.67. The third-order valence-electron chi connectivity index (χ3n) is 5.48. The van der Waals surface area contributed by atoms with E-state index in [1.807, 2.05) is 12.2 Å². The minimum absolute atomic E-state index is 0.183. The zero-order chi connectivity index (χ0) is 24.3. The van der Waals surface area contributed by atoms with Crippen molar-refractivity contribution in [1.82, 2.24) is 15.4 Å². The molecule has 3 N–H and O–H groups in total. The molecule has 3 rings (SSSR count). The summed E-state index contributed by atoms with van der Waals surface area (Å²) in [6.07, 6.45) is 6.61. The van der Waals surface area contributed by atoms with Crippen molar-refractivity contribution in [1.29, 1.82) is 0 Å². The Morgan fingerprint density at radius 3 is 2.67 bits per heavy atom. The van der Waals surface area contributed by atoms with Crippen LogP contribution in [0.25, 0.3) is 0 Å². The molecule has 1 aliphatic heterocycles. The molecule has 0 spiro atoms. The number of allylic oxidation sites excluding steroid dienone is 1. The Bertz CT molecular complexity index is 1060. The van der Waals surface area contributed by atoms with E-state index < -0.39 is 33.2 Å². The Balaban J connectivity index is 1.90. The van der Waals surface area contributed by atoms with Crippen molar-refractivity contribution in [2.45, 2.75) is 68.9 Å². The van der Waals surface area contributed by atoms with E-state index in [0.717, 1.165) is 25.7 Å². The maximum Gasteiger partial charge on any atom is 0.408 e. The fraction of sp³-hybridized carbons (Fsp3) is 0.522. The quantitative estimate of drug-likeness (QED) is 0.533. The maximum atomic E-state index is 13.1. The molecule has 2 bridgehead atoms. The molecule has 10 heteroatoms. The van der Waals surface area contributed by atoms with Crippen LogP contribution in [0.2, 0.25) is 0 Å². The lowest BCUT2D eigenvalue weighted by atomic mass is 10.1. The Kier molecular flexibility index (Phi) is 7.16. The second kappa shape index (κ2) is 9.54. The molecule has 1 aliphatic carbocycles. The van der Waals surface area contributed by atoms with Gasteiger partial charge in [-0.1, -0.05) is 24.6 Å². The summed E-state index contributed by atoms with van der Waals surface area (Å²) in [4.78, 5) is 37.7. The number of fused-ring (bicyclic) bond motifs is 3. The van der Waals surface area contributed by atoms with E-state index >= 15 is 0 Å². The molecule has 0 unspecified atom stereocenters. The van der Waals surface area contributed by atoms with Crippen molar-refractivity contribution in [3.05, 3.63) is 42.0 Å². The van der Waals surface area contributed by atoms with E-state index in [1.54, 1.807) is 20.8 Å². The zero-order valence-electron chi connectivity index (χ0n) is 19.1. The number of sulfonamides is 1. The van der Waals surface area contributed by atoms with Crippen molar-refractivity contribution >= 4 is 27.9 Å². The summed E-state index contributed by atoms with van der Waals surface area (Å²) in [5.74, 6) is -1.58. The normalized spacial score (nSPS) is 26.6. The summed E-state index contributed by atoms with van der Waals surface area (Å²) in [7, 11) is -4.28. The van der Waals surface area contributed by atoms with Gasteiger partial charge in [0.15, 0.2) is 0 Å². The molecule has 9 nitrogen and oxygen atoms in total. The van der Waals surface area contributed by atoms with Gasteiger partial charge in [0.2, 0.25) is 0 Å². The van der Waals surface area contributed by atoms with Crippen LogP contribution in [0.3, 0.4) is 0 Å². The highest BCUT2D eigenvalue weighted by Crippen LogP contribution is 2.45. The van der Waals surface area contributed by atoms with Crippen molar-refractivity contribution in [3.8, 4) is 0 Å². The zero-order valence-corrected chi connectivity index (χ0v) is 20.0. The van der Waals surface area contributed by atoms with Gasteiger partial charge < -0.3 is 15.4 Å². The maximum absolute atomic E-state index is 13.1. The fourth-order valence-corrected chi connectivity index (χ4v) is 4.76. The molecular formula is C23H31N3O6S. The molecule has 2 aliphatic rings. The summed E-state index contributed by atoms with van der Waals surface area (Å²) in [5, 5.41) is 5.37. The number of rotatable bonds is 1. The smallest absolute Gasteiger partial charge is 0.408 e. The van der Waals surface area contributed by atoms with E-state index in [0.29, 0.717) is 6.54 Å². The van der Waals surface area contributed by atoms with Crippen LogP contribution in [0.4, 0.5) is 4.79 Å². The lowest BCUT2D eigenvalue weighted by Crippen LogP contribution is -2.52. The van der Waals surface area contributed by atoms with E-state index in [4.69, 9.17) is 4.74 Å². The number of hydrogen-bond donors (Lipinski definition) is 3. The van der Waals surface area contributed by atoms with E-state index in [1.165, 1.54) is 24.3 Å². The predicted molar refractivity (Wildman–Crippen MR) is 122 cm³/mol. The number of carbonyl (C=O) groups excluding carboxylic acids is 3. The lowest BCUT2D eigenvalue weighted by molar-refractivity contribution is -0.122. The number of ether oxygens (including phenoxy) is 1. The third kappa shape index (κ3) is 6.34. The molecule has 33 heavy (non-hydrogen) atoms. The van der Waals surface area contributed by atoms with Crippen LogP contribution in [0.1, 0.15) is 63.2 Å². The van der Waals surface area contributed by atoms with E-state index in [-0.39, 0.29) is 28.7 Å². The predicted octanol–water partition coefficient (Wildman–Crippen LogP) is 2.63. The van der Waals surface area contributed by atoms with Gasteiger partial charge >= 0.3 is 6.09 Å². The second-order valence-electron chi connectivity index (χ2n) is 9.40. The van der Waals surface area contributed by atoms with Crippen molar-refractivity contribution < 1.29 is 27.5 Å². The third-order valence-corrected chi connectivity index (χ3v) is 6.81. The number of alkyl carbamates (subject to hydrolysis) is 1. The van der Waals surface area contributed by atoms with Crippen molar-refractivity contribution in [2.24, 2.45) is 5.92 Å². The van der Waals surface area contributed by atoms with Crippen LogP contribution in [-0.4, -0.2) is 44.0 Å². The van der Waals surface area contributed by atoms with Crippen LogP contribution in [-0.2, 0) is 19.6 Å². The van der Waals surface area contributed by atoms with Gasteiger partial charge in [0.1, 0.15) is 11.1 Å². The standard InChI is InChI=1S/C23H31N3O6S/c1-22(2,3)32-21(29)25-23-15-17(23)11-7-5-4-6-8-13-24-19(27)16-10-9-12-18(14-16)33(30,31)26-20(23)28/h7,9-12,14,17H,4-6,8,13,15H2,1-3H3,(H,24,27)(H,25,29)(H,26,28)/b11-7+/t17-,23-/m1/s1. The monoisotopic (exact) mass is 477 g/mol. The van der Waals surface area contributed by atoms with Gasteiger partial charge in [-0.3, -0.25) is 9.59 Å². The molecular weight excluding hydrogens is 446 g/mol. The number of carbonyl (C=O) groups is 3. The molecule has 0 saturated heterocycles. The Morgan fingerprint density at radius 1 is 1.18 bits per heavy atom. The molecule has 180 valence electrons. The lowest BCUT2D eigenvalue weighted by Gasteiger charge is -2.23. The summed E-state index contributed by atoms with van der Waals surface area (Å²) >= 11 is 0. The first-order valence-corrected chi connectivity index (χ1v) is 12.5. The Labute approximate surface area is 194 Å². The van der Waals surface area contributed by atoms with Crippen LogP contribution < -0.4 is 15.4 Å². The van der Waals surface area contributed by atoms with Gasteiger partial charge in [-0.25, -0.2) is 17.9 Å². The van der Waals surface area contributed by atoms with E-state index in [2.05, 4.69) is 15.4 Å².